The number of nitrogens with zero attached hydrogens (tertiary/aromatic N) is 3. The third-order valence-corrected chi connectivity index (χ3v) is 3.66. The normalized spacial score (nSPS) is 21.9. The summed E-state index contributed by atoms with van der Waals surface area (Å²) in [6, 6.07) is 7.92. The maximum Gasteiger partial charge on any atom is 0.138 e. The predicted molar refractivity (Wildman–Crippen MR) is 69.9 cm³/mol. The first-order valence-electron chi connectivity index (χ1n) is 4.91. The van der Waals surface area contributed by atoms with Crippen LogP contribution in [-0.4, -0.2) is 22.3 Å². The minimum absolute atomic E-state index is 0.0762. The summed E-state index contributed by atoms with van der Waals surface area (Å²) in [4.78, 5) is 4.53. The van der Waals surface area contributed by atoms with Gasteiger partial charge in [-0.3, -0.25) is 4.99 Å². The molecule has 1 aromatic rings. The molecular weight excluding hydrogens is 242 g/mol. The molecule has 0 aromatic heterocycles. The molecule has 0 bridgehead atoms. The molecule has 0 spiro atoms. The Kier molecular flexibility index (Phi) is 2.53. The van der Waals surface area contributed by atoms with Crippen molar-refractivity contribution in [2.24, 2.45) is 15.2 Å². The van der Waals surface area contributed by atoms with Crippen LogP contribution in [0.4, 0.5) is 0 Å². The highest BCUT2D eigenvalue weighted by Crippen LogP contribution is 2.26. The molecule has 2 aliphatic rings. The fourth-order valence-corrected chi connectivity index (χ4v) is 2.70. The smallest absolute Gasteiger partial charge is 0.138 e. The Hall–Kier alpha value is -1.13. The highest BCUT2D eigenvalue weighted by atomic mass is 35.5. The lowest BCUT2D eigenvalue weighted by atomic mass is 10.2. The van der Waals surface area contributed by atoms with Gasteiger partial charge in [0.1, 0.15) is 11.1 Å². The van der Waals surface area contributed by atoms with Gasteiger partial charge in [-0.05, 0) is 17.7 Å². The second-order valence-corrected chi connectivity index (χ2v) is 5.11. The van der Waals surface area contributed by atoms with Gasteiger partial charge in [-0.15, -0.1) is 5.10 Å². The lowest BCUT2D eigenvalue weighted by molar-refractivity contribution is 1.19. The Morgan fingerprint density at radius 2 is 2.06 bits per heavy atom. The van der Waals surface area contributed by atoms with Gasteiger partial charge in [0.15, 0.2) is 0 Å². The number of hydrogen-bond donors (Lipinski definition) is 0. The molecule has 2 heterocycles. The van der Waals surface area contributed by atoms with E-state index >= 15 is 0 Å². The average Bonchev–Trinajstić information content (AvgIpc) is 2.81. The van der Waals surface area contributed by atoms with Gasteiger partial charge in [0.05, 0.1) is 11.3 Å². The van der Waals surface area contributed by atoms with Crippen molar-refractivity contribution in [2.75, 3.05) is 0 Å². The zero-order valence-corrected chi connectivity index (χ0v) is 9.87. The zero-order chi connectivity index (χ0) is 11.0. The highest BCUT2D eigenvalue weighted by molar-refractivity contribution is 8.27. The summed E-state index contributed by atoms with van der Waals surface area (Å²) >= 11 is 7.46. The maximum absolute atomic E-state index is 5.83. The van der Waals surface area contributed by atoms with E-state index in [4.69, 9.17) is 11.6 Å². The molecule has 1 aromatic carbocycles. The minimum Gasteiger partial charge on any atom is -0.266 e. The van der Waals surface area contributed by atoms with Crippen molar-refractivity contribution in [1.29, 1.82) is 0 Å². The number of benzene rings is 1. The van der Waals surface area contributed by atoms with E-state index < -0.39 is 0 Å². The molecule has 0 saturated carbocycles. The molecule has 0 N–H and O–H groups in total. The van der Waals surface area contributed by atoms with Crippen molar-refractivity contribution in [1.82, 2.24) is 0 Å². The van der Waals surface area contributed by atoms with Gasteiger partial charge < -0.3 is 0 Å². The number of thioether (sulfide) groups is 1. The summed E-state index contributed by atoms with van der Waals surface area (Å²) in [6.45, 7) is 0. The Morgan fingerprint density at radius 1 is 1.25 bits per heavy atom. The number of aliphatic imine (C=N–C) groups is 1. The number of fused-ring (bicyclic) bond motifs is 1. The van der Waals surface area contributed by atoms with Gasteiger partial charge in [0, 0.05) is 11.4 Å². The summed E-state index contributed by atoms with van der Waals surface area (Å²) < 4.78 is 0. The van der Waals surface area contributed by atoms with Crippen LogP contribution in [0, 0.1) is 0 Å². The van der Waals surface area contributed by atoms with Crippen molar-refractivity contribution >= 4 is 39.7 Å². The molecule has 2 aliphatic heterocycles. The standard InChI is InChI=1S/C11H8ClN3S/c12-8-3-1-7(2-4-8)5-10-14-9-6-13-15-11(9)16-10/h1-4,6,9H,5H2/t9-/m0/s1. The Labute approximate surface area is 102 Å². The van der Waals surface area contributed by atoms with Gasteiger partial charge in [-0.2, -0.15) is 5.10 Å². The molecular formula is C11H8ClN3S. The van der Waals surface area contributed by atoms with E-state index in [1.54, 1.807) is 18.0 Å². The molecule has 0 radical (unpaired) electrons. The first-order chi connectivity index (χ1) is 7.81. The molecule has 0 amide bonds. The van der Waals surface area contributed by atoms with E-state index in [0.29, 0.717) is 0 Å². The van der Waals surface area contributed by atoms with E-state index in [-0.39, 0.29) is 6.04 Å². The number of hydrogen-bond acceptors (Lipinski definition) is 4. The summed E-state index contributed by atoms with van der Waals surface area (Å²) in [5.74, 6) is 0. The summed E-state index contributed by atoms with van der Waals surface area (Å²) in [5, 5.41) is 10.7. The number of halogens is 1. The van der Waals surface area contributed by atoms with Crippen LogP contribution < -0.4 is 0 Å². The SMILES string of the molecule is Clc1ccc(CC2=N[C@H]3C=NN=C3S2)cc1. The molecule has 3 rings (SSSR count). The van der Waals surface area contributed by atoms with Crippen LogP contribution in [0.25, 0.3) is 0 Å². The van der Waals surface area contributed by atoms with Crippen LogP contribution in [0.15, 0.2) is 39.5 Å². The van der Waals surface area contributed by atoms with E-state index in [2.05, 4.69) is 15.2 Å². The van der Waals surface area contributed by atoms with Crippen molar-refractivity contribution in [3.63, 3.8) is 0 Å². The molecule has 0 saturated heterocycles. The first-order valence-corrected chi connectivity index (χ1v) is 6.11. The quantitative estimate of drug-likeness (QED) is 0.794. The Bertz CT molecular complexity index is 504. The third kappa shape index (κ3) is 1.90. The van der Waals surface area contributed by atoms with Crippen molar-refractivity contribution < 1.29 is 0 Å². The van der Waals surface area contributed by atoms with Crippen LogP contribution in [0.1, 0.15) is 5.56 Å². The Morgan fingerprint density at radius 3 is 2.81 bits per heavy atom. The first kappa shape index (κ1) is 10.1. The van der Waals surface area contributed by atoms with Crippen LogP contribution >= 0.6 is 23.4 Å². The molecule has 0 aliphatic carbocycles. The summed E-state index contributed by atoms with van der Waals surface area (Å²) in [6.07, 6.45) is 2.61. The fourth-order valence-electron chi connectivity index (χ4n) is 1.61. The van der Waals surface area contributed by atoms with Crippen LogP contribution in [0.3, 0.4) is 0 Å². The fraction of sp³-hybridized carbons (Fsp3) is 0.182. The molecule has 0 fully saturated rings. The van der Waals surface area contributed by atoms with Gasteiger partial charge in [0.2, 0.25) is 0 Å². The van der Waals surface area contributed by atoms with E-state index in [1.165, 1.54) is 5.56 Å². The lowest BCUT2D eigenvalue weighted by Crippen LogP contribution is -2.06. The van der Waals surface area contributed by atoms with E-state index in [1.807, 2.05) is 24.3 Å². The van der Waals surface area contributed by atoms with E-state index in [9.17, 15) is 0 Å². The molecule has 1 atom stereocenters. The van der Waals surface area contributed by atoms with Crippen LogP contribution in [0.5, 0.6) is 0 Å². The largest absolute Gasteiger partial charge is 0.266 e. The minimum atomic E-state index is 0.0762. The van der Waals surface area contributed by atoms with Gasteiger partial charge >= 0.3 is 0 Å². The highest BCUT2D eigenvalue weighted by Gasteiger charge is 2.27. The average molecular weight is 250 g/mol. The second-order valence-electron chi connectivity index (χ2n) is 3.58. The van der Waals surface area contributed by atoms with Crippen molar-refractivity contribution in [2.45, 2.75) is 12.5 Å². The Balaban J connectivity index is 1.75. The molecule has 16 heavy (non-hydrogen) atoms. The molecule has 3 nitrogen and oxygen atoms in total. The summed E-state index contributed by atoms with van der Waals surface area (Å²) in [5.41, 5.74) is 1.22. The monoisotopic (exact) mass is 249 g/mol. The van der Waals surface area contributed by atoms with Crippen molar-refractivity contribution in [3.8, 4) is 0 Å². The van der Waals surface area contributed by atoms with Gasteiger partial charge in [-0.1, -0.05) is 35.5 Å². The zero-order valence-electron chi connectivity index (χ0n) is 8.30. The molecule has 0 unspecified atom stereocenters. The van der Waals surface area contributed by atoms with Crippen molar-refractivity contribution in [3.05, 3.63) is 34.9 Å². The predicted octanol–water partition coefficient (Wildman–Crippen LogP) is 2.79. The number of rotatable bonds is 2. The lowest BCUT2D eigenvalue weighted by Gasteiger charge is -1.99. The van der Waals surface area contributed by atoms with Crippen LogP contribution in [-0.2, 0) is 6.42 Å². The second kappa shape index (κ2) is 4.03. The molecule has 5 heteroatoms. The third-order valence-electron chi connectivity index (χ3n) is 2.39. The van der Waals surface area contributed by atoms with Gasteiger partial charge in [-0.25, -0.2) is 0 Å². The van der Waals surface area contributed by atoms with Crippen LogP contribution in [0.2, 0.25) is 5.02 Å². The topological polar surface area (TPSA) is 37.1 Å². The summed E-state index contributed by atoms with van der Waals surface area (Å²) in [7, 11) is 0. The molecule has 80 valence electrons. The maximum atomic E-state index is 5.83. The van der Waals surface area contributed by atoms with E-state index in [0.717, 1.165) is 21.5 Å². The van der Waals surface area contributed by atoms with Gasteiger partial charge in [0.25, 0.3) is 0 Å².